The van der Waals surface area contributed by atoms with Crippen LogP contribution in [0.3, 0.4) is 0 Å². The number of benzene rings is 1. The molecule has 2 aliphatic rings. The lowest BCUT2D eigenvalue weighted by molar-refractivity contribution is 0.522. The van der Waals surface area contributed by atoms with Gasteiger partial charge in [0.1, 0.15) is 0 Å². The molecule has 2 saturated carbocycles. The van der Waals surface area contributed by atoms with Crippen molar-refractivity contribution >= 4 is 9.84 Å². The van der Waals surface area contributed by atoms with Crippen LogP contribution in [0.1, 0.15) is 19.4 Å². The van der Waals surface area contributed by atoms with Gasteiger partial charge in [-0.25, -0.2) is 8.42 Å². The zero-order chi connectivity index (χ0) is 11.7. The van der Waals surface area contributed by atoms with Crippen LogP contribution in [0.5, 0.6) is 0 Å². The molecular weight excluding hydrogens is 220 g/mol. The van der Waals surface area contributed by atoms with Gasteiger partial charge in [-0.05, 0) is 36.8 Å². The Balaban J connectivity index is 2.05. The van der Waals surface area contributed by atoms with E-state index in [1.165, 1.54) is 0 Å². The van der Waals surface area contributed by atoms with Gasteiger partial charge in [0.15, 0.2) is 9.84 Å². The molecule has 2 unspecified atom stereocenters. The van der Waals surface area contributed by atoms with Crippen LogP contribution in [-0.4, -0.2) is 13.2 Å². The van der Waals surface area contributed by atoms with E-state index >= 15 is 0 Å². The third kappa shape index (κ3) is 0.915. The van der Waals surface area contributed by atoms with Gasteiger partial charge in [-0.3, -0.25) is 0 Å². The van der Waals surface area contributed by atoms with E-state index in [9.17, 15) is 8.42 Å². The fourth-order valence-corrected chi connectivity index (χ4v) is 6.30. The van der Waals surface area contributed by atoms with E-state index in [1.807, 2.05) is 19.1 Å². The molecule has 0 spiro atoms. The predicted molar refractivity (Wildman–Crippen MR) is 62.9 cm³/mol. The van der Waals surface area contributed by atoms with E-state index in [2.05, 4.69) is 13.8 Å². The Morgan fingerprint density at radius 1 is 1.06 bits per heavy atom. The van der Waals surface area contributed by atoms with Crippen molar-refractivity contribution in [3.63, 3.8) is 0 Å². The normalized spacial score (nSPS) is 40.3. The summed E-state index contributed by atoms with van der Waals surface area (Å²) in [6.07, 6.45) is 0. The molecule has 0 N–H and O–H groups in total. The van der Waals surface area contributed by atoms with Gasteiger partial charge < -0.3 is 0 Å². The van der Waals surface area contributed by atoms with Crippen molar-refractivity contribution in [2.75, 3.05) is 0 Å². The highest BCUT2D eigenvalue weighted by Gasteiger charge is 2.89. The molecule has 1 aromatic carbocycles. The van der Waals surface area contributed by atoms with Gasteiger partial charge in [-0.15, -0.1) is 0 Å². The second-order valence-corrected chi connectivity index (χ2v) is 7.46. The van der Waals surface area contributed by atoms with Crippen LogP contribution in [-0.2, 0) is 9.84 Å². The van der Waals surface area contributed by atoms with E-state index in [0.29, 0.717) is 22.6 Å². The summed E-state index contributed by atoms with van der Waals surface area (Å²) in [7, 11) is -3.11. The molecule has 0 aliphatic heterocycles. The van der Waals surface area contributed by atoms with Crippen LogP contribution in [0.4, 0.5) is 0 Å². The van der Waals surface area contributed by atoms with Gasteiger partial charge in [0.05, 0.1) is 9.64 Å². The van der Waals surface area contributed by atoms with Gasteiger partial charge in [0, 0.05) is 0 Å². The first-order chi connectivity index (χ1) is 7.44. The molecule has 2 fully saturated rings. The van der Waals surface area contributed by atoms with Gasteiger partial charge in [-0.2, -0.15) is 0 Å². The van der Waals surface area contributed by atoms with Gasteiger partial charge in [0.25, 0.3) is 0 Å². The molecule has 0 heterocycles. The summed E-state index contributed by atoms with van der Waals surface area (Å²) in [6.45, 7) is 6.07. The fourth-order valence-electron chi connectivity index (χ4n) is 3.50. The van der Waals surface area contributed by atoms with Crippen LogP contribution in [0.25, 0.3) is 0 Å². The van der Waals surface area contributed by atoms with Crippen LogP contribution in [0.2, 0.25) is 0 Å². The molecular formula is C13H16O2S. The van der Waals surface area contributed by atoms with Crippen molar-refractivity contribution in [1.29, 1.82) is 0 Å². The second kappa shape index (κ2) is 2.70. The first kappa shape index (κ1) is 10.3. The smallest absolute Gasteiger partial charge is 0.184 e. The van der Waals surface area contributed by atoms with E-state index in [1.54, 1.807) is 12.1 Å². The van der Waals surface area contributed by atoms with Crippen LogP contribution in [0, 0.1) is 24.7 Å². The largest absolute Gasteiger partial charge is 0.223 e. The monoisotopic (exact) mass is 236 g/mol. The Bertz CT molecular complexity index is 532. The van der Waals surface area contributed by atoms with Gasteiger partial charge in [-0.1, -0.05) is 31.5 Å². The molecule has 3 heteroatoms. The Kier molecular flexibility index (Phi) is 1.74. The lowest BCUT2D eigenvalue weighted by atomic mass is 10.1. The third-order valence-corrected chi connectivity index (χ3v) is 7.44. The SMILES string of the molecule is Cc1ccc(S(=O)(=O)C23C([C@H]2C)[C@@H]3C)cc1. The van der Waals surface area contributed by atoms with Crippen molar-refractivity contribution in [3.8, 4) is 0 Å². The summed E-state index contributed by atoms with van der Waals surface area (Å²) in [6, 6.07) is 7.23. The van der Waals surface area contributed by atoms with Gasteiger partial charge >= 0.3 is 0 Å². The first-order valence-electron chi connectivity index (χ1n) is 5.75. The predicted octanol–water partition coefficient (Wildman–Crippen LogP) is 2.42. The summed E-state index contributed by atoms with van der Waals surface area (Å²) in [5, 5.41) is 0. The summed E-state index contributed by atoms with van der Waals surface area (Å²) < 4.78 is 24.6. The van der Waals surface area contributed by atoms with Crippen molar-refractivity contribution in [2.45, 2.75) is 30.4 Å². The van der Waals surface area contributed by atoms with E-state index in [0.717, 1.165) is 5.56 Å². The number of sulfone groups is 1. The fraction of sp³-hybridized carbons (Fsp3) is 0.538. The minimum absolute atomic E-state index is 0.355. The average molecular weight is 236 g/mol. The number of aryl methyl sites for hydroxylation is 1. The molecule has 0 amide bonds. The maximum atomic E-state index is 12.5. The average Bonchev–Trinajstić information content (AvgIpc) is 3.07. The third-order valence-electron chi connectivity index (χ3n) is 4.60. The summed E-state index contributed by atoms with van der Waals surface area (Å²) in [5.41, 5.74) is 1.10. The molecule has 0 radical (unpaired) electrons. The highest BCUT2D eigenvalue weighted by atomic mass is 32.2. The van der Waals surface area contributed by atoms with E-state index in [4.69, 9.17) is 0 Å². The minimum Gasteiger partial charge on any atom is -0.223 e. The Morgan fingerprint density at radius 2 is 1.56 bits per heavy atom. The molecule has 4 atom stereocenters. The zero-order valence-corrected chi connectivity index (χ0v) is 10.6. The van der Waals surface area contributed by atoms with Crippen LogP contribution >= 0.6 is 0 Å². The molecule has 2 nitrogen and oxygen atoms in total. The highest BCUT2D eigenvalue weighted by Crippen LogP contribution is 2.81. The number of rotatable bonds is 2. The standard InChI is InChI=1S/C13H16O2S/c1-8-4-6-11(7-5-8)16(14,15)13-9(2)12(13)10(13)3/h4-7,9-10,12H,1-3H3/t9-,10+,12?,13?. The van der Waals surface area contributed by atoms with Crippen LogP contribution in [0.15, 0.2) is 29.2 Å². The summed E-state index contributed by atoms with van der Waals surface area (Å²) >= 11 is 0. The summed E-state index contributed by atoms with van der Waals surface area (Å²) in [4.78, 5) is 0.497. The molecule has 2 aliphatic carbocycles. The van der Waals surface area contributed by atoms with E-state index < -0.39 is 14.6 Å². The Labute approximate surface area is 96.6 Å². The molecule has 1 aromatic rings. The lowest BCUT2D eigenvalue weighted by Gasteiger charge is -2.14. The minimum atomic E-state index is -3.11. The highest BCUT2D eigenvalue weighted by molar-refractivity contribution is 7.93. The maximum absolute atomic E-state index is 12.5. The van der Waals surface area contributed by atoms with Crippen LogP contribution < -0.4 is 0 Å². The van der Waals surface area contributed by atoms with Crippen molar-refractivity contribution in [1.82, 2.24) is 0 Å². The van der Waals surface area contributed by atoms with Gasteiger partial charge in [0.2, 0.25) is 0 Å². The number of hydrogen-bond donors (Lipinski definition) is 0. The topological polar surface area (TPSA) is 34.1 Å². The van der Waals surface area contributed by atoms with E-state index in [-0.39, 0.29) is 0 Å². The quantitative estimate of drug-likeness (QED) is 0.790. The molecule has 0 bridgehead atoms. The molecule has 3 rings (SSSR count). The zero-order valence-electron chi connectivity index (χ0n) is 9.77. The maximum Gasteiger partial charge on any atom is 0.184 e. The molecule has 0 aromatic heterocycles. The first-order valence-corrected chi connectivity index (χ1v) is 7.23. The Morgan fingerprint density at radius 3 is 1.94 bits per heavy atom. The number of fused-ring (bicyclic) bond motifs is 1. The van der Waals surface area contributed by atoms with Crippen molar-refractivity contribution in [2.24, 2.45) is 17.8 Å². The van der Waals surface area contributed by atoms with Crippen molar-refractivity contribution < 1.29 is 8.42 Å². The molecule has 86 valence electrons. The summed E-state index contributed by atoms with van der Waals surface area (Å²) in [5.74, 6) is 1.13. The van der Waals surface area contributed by atoms with Crippen molar-refractivity contribution in [3.05, 3.63) is 29.8 Å². The second-order valence-electron chi connectivity index (χ2n) is 5.27. The molecule has 16 heavy (non-hydrogen) atoms. The Hall–Kier alpha value is -0.830. The molecule has 0 saturated heterocycles. The lowest BCUT2D eigenvalue weighted by Crippen LogP contribution is -2.22. The number of hydrogen-bond acceptors (Lipinski definition) is 2.